The van der Waals surface area contributed by atoms with Crippen LogP contribution < -0.4 is 0 Å². The number of fused-ring (bicyclic) bond motifs is 1. The second-order valence-corrected chi connectivity index (χ2v) is 6.73. The van der Waals surface area contributed by atoms with E-state index in [1.54, 1.807) is 0 Å². The highest BCUT2D eigenvalue weighted by molar-refractivity contribution is 5.75. The maximum atomic E-state index is 4.70. The molecule has 0 aliphatic heterocycles. The number of nitrogens with one attached hydrogen (secondary N) is 1. The molecule has 0 saturated carbocycles. The van der Waals surface area contributed by atoms with E-state index in [1.165, 1.54) is 5.56 Å². The molecule has 0 aliphatic carbocycles. The van der Waals surface area contributed by atoms with Crippen molar-refractivity contribution in [3.8, 4) is 0 Å². The second-order valence-electron chi connectivity index (χ2n) is 6.73. The molecular formula is C17H23N5. The first-order valence-corrected chi connectivity index (χ1v) is 7.77. The normalized spacial score (nSPS) is 12.2. The van der Waals surface area contributed by atoms with Gasteiger partial charge in [-0.2, -0.15) is 5.10 Å². The van der Waals surface area contributed by atoms with Gasteiger partial charge in [-0.1, -0.05) is 13.0 Å². The van der Waals surface area contributed by atoms with Crippen molar-refractivity contribution in [1.82, 2.24) is 24.7 Å². The Morgan fingerprint density at radius 3 is 2.64 bits per heavy atom. The maximum Gasteiger partial charge on any atom is 0.150 e. The molecule has 5 nitrogen and oxygen atoms in total. The van der Waals surface area contributed by atoms with E-state index in [0.717, 1.165) is 41.3 Å². The van der Waals surface area contributed by atoms with Crippen LogP contribution >= 0.6 is 0 Å². The monoisotopic (exact) mass is 297 g/mol. The number of imidazole rings is 1. The molecule has 0 atom stereocenters. The number of hydrogen-bond donors (Lipinski definition) is 1. The summed E-state index contributed by atoms with van der Waals surface area (Å²) in [6.45, 7) is 10.5. The highest BCUT2D eigenvalue weighted by Gasteiger charge is 2.20. The lowest BCUT2D eigenvalue weighted by molar-refractivity contribution is 0.342. The van der Waals surface area contributed by atoms with Crippen LogP contribution in [0.1, 0.15) is 50.7 Å². The van der Waals surface area contributed by atoms with Crippen LogP contribution in [0.2, 0.25) is 0 Å². The average Bonchev–Trinajstić information content (AvgIpc) is 3.00. The van der Waals surface area contributed by atoms with Crippen LogP contribution in [0, 0.1) is 6.92 Å². The summed E-state index contributed by atoms with van der Waals surface area (Å²) >= 11 is 0. The highest BCUT2D eigenvalue weighted by atomic mass is 15.4. The highest BCUT2D eigenvalue weighted by Crippen LogP contribution is 2.20. The molecular weight excluding hydrogens is 274 g/mol. The minimum absolute atomic E-state index is 0.0650. The van der Waals surface area contributed by atoms with Gasteiger partial charge in [-0.05, 0) is 45.4 Å². The summed E-state index contributed by atoms with van der Waals surface area (Å²) < 4.78 is 2.05. The number of aryl methyl sites for hydroxylation is 2. The molecule has 0 radical (unpaired) electrons. The van der Waals surface area contributed by atoms with Crippen molar-refractivity contribution >= 4 is 11.0 Å². The molecule has 116 valence electrons. The molecule has 5 heteroatoms. The van der Waals surface area contributed by atoms with Gasteiger partial charge in [-0.15, -0.1) is 0 Å². The van der Waals surface area contributed by atoms with E-state index in [0.29, 0.717) is 0 Å². The van der Waals surface area contributed by atoms with Crippen molar-refractivity contribution in [2.45, 2.75) is 53.0 Å². The fourth-order valence-electron chi connectivity index (χ4n) is 2.67. The third-order valence-corrected chi connectivity index (χ3v) is 3.70. The van der Waals surface area contributed by atoms with E-state index < -0.39 is 0 Å². The Morgan fingerprint density at radius 2 is 1.95 bits per heavy atom. The molecule has 0 spiro atoms. The van der Waals surface area contributed by atoms with Gasteiger partial charge in [0.15, 0.2) is 5.82 Å². The van der Waals surface area contributed by atoms with Crippen molar-refractivity contribution in [1.29, 1.82) is 0 Å². The van der Waals surface area contributed by atoms with Crippen LogP contribution in [0.25, 0.3) is 11.0 Å². The van der Waals surface area contributed by atoms with Gasteiger partial charge < -0.3 is 4.98 Å². The minimum Gasteiger partial charge on any atom is -0.342 e. The fourth-order valence-corrected chi connectivity index (χ4v) is 2.67. The first-order valence-electron chi connectivity index (χ1n) is 7.77. The average molecular weight is 297 g/mol. The Hall–Kier alpha value is -2.17. The fraction of sp³-hybridized carbons (Fsp3) is 0.471. The molecule has 0 unspecified atom stereocenters. The number of aromatic nitrogens is 5. The minimum atomic E-state index is -0.0650. The maximum absolute atomic E-state index is 4.70. The summed E-state index contributed by atoms with van der Waals surface area (Å²) in [5, 5.41) is 4.65. The van der Waals surface area contributed by atoms with Crippen molar-refractivity contribution < 1.29 is 0 Å². The van der Waals surface area contributed by atoms with E-state index in [2.05, 4.69) is 61.0 Å². The van der Waals surface area contributed by atoms with E-state index in [-0.39, 0.29) is 5.54 Å². The van der Waals surface area contributed by atoms with Gasteiger partial charge in [0.1, 0.15) is 11.6 Å². The topological polar surface area (TPSA) is 59.4 Å². The van der Waals surface area contributed by atoms with Gasteiger partial charge in [-0.3, -0.25) is 0 Å². The smallest absolute Gasteiger partial charge is 0.150 e. The van der Waals surface area contributed by atoms with Gasteiger partial charge in [0.25, 0.3) is 0 Å². The van der Waals surface area contributed by atoms with Crippen LogP contribution in [0.3, 0.4) is 0 Å². The third-order valence-electron chi connectivity index (χ3n) is 3.70. The van der Waals surface area contributed by atoms with Gasteiger partial charge in [0, 0.05) is 12.8 Å². The lowest BCUT2D eigenvalue weighted by Gasteiger charge is -2.21. The molecule has 22 heavy (non-hydrogen) atoms. The summed E-state index contributed by atoms with van der Waals surface area (Å²) in [5.41, 5.74) is 3.24. The molecule has 2 heterocycles. The van der Waals surface area contributed by atoms with E-state index >= 15 is 0 Å². The van der Waals surface area contributed by atoms with E-state index in [9.17, 15) is 0 Å². The quantitative estimate of drug-likeness (QED) is 0.806. The first kappa shape index (κ1) is 14.8. The number of hydrogen-bond acceptors (Lipinski definition) is 3. The largest absolute Gasteiger partial charge is 0.342 e. The van der Waals surface area contributed by atoms with Crippen LogP contribution in [0.15, 0.2) is 18.2 Å². The van der Waals surface area contributed by atoms with Crippen LogP contribution in [0.5, 0.6) is 0 Å². The molecule has 2 aromatic heterocycles. The summed E-state index contributed by atoms with van der Waals surface area (Å²) in [6.07, 6.45) is 1.63. The Kier molecular flexibility index (Phi) is 3.51. The van der Waals surface area contributed by atoms with Crippen LogP contribution in [-0.2, 0) is 18.4 Å². The zero-order valence-corrected chi connectivity index (χ0v) is 13.9. The molecule has 3 rings (SSSR count). The SMILES string of the molecule is CCc1nc(Cc2ccc3nc(C)[nH]c3c2)n(C(C)(C)C)n1. The van der Waals surface area contributed by atoms with Crippen molar-refractivity contribution in [3.05, 3.63) is 41.2 Å². The molecule has 0 fully saturated rings. The number of H-pyrrole nitrogens is 1. The van der Waals surface area contributed by atoms with Gasteiger partial charge in [0.2, 0.25) is 0 Å². The van der Waals surface area contributed by atoms with Crippen LogP contribution in [0.4, 0.5) is 0 Å². The molecule has 1 aromatic carbocycles. The summed E-state index contributed by atoms with van der Waals surface area (Å²) in [7, 11) is 0. The number of benzene rings is 1. The predicted molar refractivity (Wildman–Crippen MR) is 88.0 cm³/mol. The lowest BCUT2D eigenvalue weighted by Crippen LogP contribution is -2.25. The molecule has 0 saturated heterocycles. The summed E-state index contributed by atoms with van der Waals surface area (Å²) in [5.74, 6) is 2.86. The van der Waals surface area contributed by atoms with Gasteiger partial charge in [-0.25, -0.2) is 14.6 Å². The second kappa shape index (κ2) is 5.23. The molecule has 0 amide bonds. The molecule has 0 bridgehead atoms. The lowest BCUT2D eigenvalue weighted by atomic mass is 10.1. The molecule has 0 aliphatic rings. The third kappa shape index (κ3) is 2.75. The zero-order valence-electron chi connectivity index (χ0n) is 13.9. The summed E-state index contributed by atoms with van der Waals surface area (Å²) in [4.78, 5) is 12.4. The first-order chi connectivity index (χ1) is 10.4. The van der Waals surface area contributed by atoms with E-state index in [4.69, 9.17) is 4.98 Å². The Balaban J connectivity index is 1.98. The molecule has 3 aromatic rings. The Bertz CT molecular complexity index is 804. The number of nitrogens with zero attached hydrogens (tertiary/aromatic N) is 4. The van der Waals surface area contributed by atoms with Crippen molar-refractivity contribution in [3.63, 3.8) is 0 Å². The van der Waals surface area contributed by atoms with Crippen LogP contribution in [-0.4, -0.2) is 24.7 Å². The standard InChI is InChI=1S/C17H23N5/c1-6-15-20-16(22(21-15)17(3,4)5)10-12-7-8-13-14(9-12)19-11(2)18-13/h7-9H,6,10H2,1-5H3,(H,18,19). The Morgan fingerprint density at radius 1 is 1.18 bits per heavy atom. The van der Waals surface area contributed by atoms with Crippen molar-refractivity contribution in [2.75, 3.05) is 0 Å². The van der Waals surface area contributed by atoms with E-state index in [1.807, 2.05) is 11.6 Å². The summed E-state index contributed by atoms with van der Waals surface area (Å²) in [6, 6.07) is 6.34. The van der Waals surface area contributed by atoms with Gasteiger partial charge >= 0.3 is 0 Å². The number of rotatable bonds is 3. The predicted octanol–water partition coefficient (Wildman–Crippen LogP) is 3.37. The molecule has 1 N–H and O–H groups in total. The Labute approximate surface area is 130 Å². The van der Waals surface area contributed by atoms with Gasteiger partial charge in [0.05, 0.1) is 16.6 Å². The van der Waals surface area contributed by atoms with Crippen molar-refractivity contribution in [2.24, 2.45) is 0 Å². The number of aromatic amines is 1. The zero-order chi connectivity index (χ0) is 15.9.